The first kappa shape index (κ1) is 17.1. The Morgan fingerprint density at radius 3 is 2.76 bits per heavy atom. The molecule has 6 nitrogen and oxygen atoms in total. The highest BCUT2D eigenvalue weighted by Gasteiger charge is 2.26. The molecule has 25 heavy (non-hydrogen) atoms. The number of piperidine rings is 1. The maximum absolute atomic E-state index is 13.1. The molecule has 1 fully saturated rings. The van der Waals surface area contributed by atoms with Crippen molar-refractivity contribution < 1.29 is 19.1 Å². The summed E-state index contributed by atoms with van der Waals surface area (Å²) in [6, 6.07) is 5.87. The molecule has 1 saturated heterocycles. The molecule has 1 aromatic carbocycles. The van der Waals surface area contributed by atoms with Crippen molar-refractivity contribution >= 4 is 11.9 Å². The van der Waals surface area contributed by atoms with E-state index in [-0.39, 0.29) is 24.1 Å². The maximum Gasteiger partial charge on any atom is 0.303 e. The summed E-state index contributed by atoms with van der Waals surface area (Å²) in [6.45, 7) is 1.21. The van der Waals surface area contributed by atoms with E-state index in [9.17, 15) is 14.0 Å². The molecule has 3 rings (SSSR count). The summed E-state index contributed by atoms with van der Waals surface area (Å²) in [7, 11) is 0. The van der Waals surface area contributed by atoms with Gasteiger partial charge in [-0.05, 0) is 49.4 Å². The summed E-state index contributed by atoms with van der Waals surface area (Å²) in [5.74, 6) is -1.08. The fraction of sp³-hybridized carbons (Fsp3) is 0.389. The number of hydrogen-bond acceptors (Lipinski definition) is 3. The summed E-state index contributed by atoms with van der Waals surface area (Å²) in [4.78, 5) is 29.4. The van der Waals surface area contributed by atoms with Crippen LogP contribution in [0.2, 0.25) is 0 Å². The van der Waals surface area contributed by atoms with Gasteiger partial charge in [0, 0.05) is 25.2 Å². The largest absolute Gasteiger partial charge is 0.481 e. The highest BCUT2D eigenvalue weighted by Crippen LogP contribution is 2.23. The molecule has 1 unspecified atom stereocenters. The van der Waals surface area contributed by atoms with Crippen LogP contribution in [0.25, 0.3) is 5.69 Å². The lowest BCUT2D eigenvalue weighted by molar-refractivity contribution is -0.137. The molecule has 0 aliphatic carbocycles. The normalized spacial score (nSPS) is 17.5. The number of carbonyl (C=O) groups excluding carboxylic acids is 1. The van der Waals surface area contributed by atoms with Gasteiger partial charge in [-0.1, -0.05) is 0 Å². The van der Waals surface area contributed by atoms with Crippen molar-refractivity contribution in [3.63, 3.8) is 0 Å². The number of aromatic nitrogens is 2. The summed E-state index contributed by atoms with van der Waals surface area (Å²) in [5, 5.41) is 8.83. The van der Waals surface area contributed by atoms with Crippen LogP contribution in [0, 0.1) is 11.7 Å². The number of nitrogens with zero attached hydrogens (tertiary/aromatic N) is 3. The first-order valence-electron chi connectivity index (χ1n) is 8.34. The Morgan fingerprint density at radius 1 is 1.28 bits per heavy atom. The van der Waals surface area contributed by atoms with Gasteiger partial charge < -0.3 is 10.0 Å². The predicted molar refractivity (Wildman–Crippen MR) is 89.0 cm³/mol. The number of likely N-dealkylation sites (tertiary alicyclic amines) is 1. The van der Waals surface area contributed by atoms with Crippen molar-refractivity contribution in [2.24, 2.45) is 5.92 Å². The van der Waals surface area contributed by atoms with Crippen LogP contribution in [0.1, 0.15) is 36.2 Å². The zero-order valence-electron chi connectivity index (χ0n) is 13.8. The van der Waals surface area contributed by atoms with Gasteiger partial charge in [0.1, 0.15) is 11.5 Å². The number of carboxylic acids is 1. The minimum atomic E-state index is -0.808. The molecule has 0 bridgehead atoms. The van der Waals surface area contributed by atoms with E-state index in [1.165, 1.54) is 24.7 Å². The van der Waals surface area contributed by atoms with Crippen LogP contribution < -0.4 is 0 Å². The predicted octanol–water partition coefficient (Wildman–Crippen LogP) is 2.73. The summed E-state index contributed by atoms with van der Waals surface area (Å²) in [5.41, 5.74) is 1.09. The molecule has 2 aromatic rings. The van der Waals surface area contributed by atoms with Crippen molar-refractivity contribution in [3.05, 3.63) is 48.3 Å². The molecule has 0 spiro atoms. The zero-order valence-corrected chi connectivity index (χ0v) is 13.8. The average Bonchev–Trinajstić information content (AvgIpc) is 3.10. The van der Waals surface area contributed by atoms with E-state index < -0.39 is 5.97 Å². The van der Waals surface area contributed by atoms with Crippen LogP contribution in [0.4, 0.5) is 4.39 Å². The van der Waals surface area contributed by atoms with Crippen molar-refractivity contribution in [2.45, 2.75) is 25.7 Å². The molecule has 1 aliphatic heterocycles. The lowest BCUT2D eigenvalue weighted by Crippen LogP contribution is -2.40. The maximum atomic E-state index is 13.1. The second-order valence-corrected chi connectivity index (χ2v) is 6.32. The third-order valence-electron chi connectivity index (χ3n) is 4.54. The number of amides is 1. The standard InChI is InChI=1S/C18H20FN3O3/c19-14-4-6-15(7-5-14)22-12-20-10-16(22)18(25)21-9-1-2-13(11-21)3-8-17(23)24/h4-7,10,12-13H,1-3,8-9,11H2,(H,23,24). The molecule has 1 atom stereocenters. The van der Waals surface area contributed by atoms with Crippen LogP contribution in [-0.4, -0.2) is 44.5 Å². The first-order valence-corrected chi connectivity index (χ1v) is 8.34. The Labute approximate surface area is 144 Å². The summed E-state index contributed by atoms with van der Waals surface area (Å²) < 4.78 is 14.8. The topological polar surface area (TPSA) is 75.4 Å². The molecular formula is C18H20FN3O3. The molecule has 1 aromatic heterocycles. The minimum absolute atomic E-state index is 0.125. The Hall–Kier alpha value is -2.70. The van der Waals surface area contributed by atoms with E-state index in [2.05, 4.69) is 4.98 Å². The van der Waals surface area contributed by atoms with Gasteiger partial charge in [-0.25, -0.2) is 9.37 Å². The SMILES string of the molecule is O=C(O)CCC1CCCN(C(=O)c2cncn2-c2ccc(F)cc2)C1. The monoisotopic (exact) mass is 345 g/mol. The van der Waals surface area contributed by atoms with Gasteiger partial charge in [0.05, 0.1) is 12.5 Å². The van der Waals surface area contributed by atoms with Gasteiger partial charge in [0.15, 0.2) is 0 Å². The van der Waals surface area contributed by atoms with Crippen molar-refractivity contribution in [1.29, 1.82) is 0 Å². The lowest BCUT2D eigenvalue weighted by atomic mass is 9.93. The van der Waals surface area contributed by atoms with Crippen molar-refractivity contribution in [2.75, 3.05) is 13.1 Å². The van der Waals surface area contributed by atoms with Crippen LogP contribution in [-0.2, 0) is 4.79 Å². The van der Waals surface area contributed by atoms with Crippen LogP contribution >= 0.6 is 0 Å². The van der Waals surface area contributed by atoms with E-state index in [1.807, 2.05) is 0 Å². The second kappa shape index (κ2) is 7.46. The Morgan fingerprint density at radius 2 is 2.04 bits per heavy atom. The minimum Gasteiger partial charge on any atom is -0.481 e. The van der Waals surface area contributed by atoms with E-state index in [4.69, 9.17) is 5.11 Å². The van der Waals surface area contributed by atoms with E-state index in [0.29, 0.717) is 30.9 Å². The Bertz CT molecular complexity index is 757. The highest BCUT2D eigenvalue weighted by atomic mass is 19.1. The van der Waals surface area contributed by atoms with Gasteiger partial charge in [0.2, 0.25) is 0 Å². The summed E-state index contributed by atoms with van der Waals surface area (Å²) in [6.07, 6.45) is 5.55. The van der Waals surface area contributed by atoms with Gasteiger partial charge in [-0.2, -0.15) is 0 Å². The fourth-order valence-corrected chi connectivity index (χ4v) is 3.24. The molecule has 132 valence electrons. The van der Waals surface area contributed by atoms with E-state index >= 15 is 0 Å². The van der Waals surface area contributed by atoms with Gasteiger partial charge in [-0.15, -0.1) is 0 Å². The molecule has 2 heterocycles. The highest BCUT2D eigenvalue weighted by molar-refractivity contribution is 5.93. The van der Waals surface area contributed by atoms with Crippen molar-refractivity contribution in [3.8, 4) is 5.69 Å². The van der Waals surface area contributed by atoms with Gasteiger partial charge in [-0.3, -0.25) is 14.2 Å². The molecular weight excluding hydrogens is 325 g/mol. The second-order valence-electron chi connectivity index (χ2n) is 6.32. The number of benzene rings is 1. The molecule has 0 radical (unpaired) electrons. The fourth-order valence-electron chi connectivity index (χ4n) is 3.24. The zero-order chi connectivity index (χ0) is 17.8. The third kappa shape index (κ3) is 4.04. The first-order chi connectivity index (χ1) is 12.0. The third-order valence-corrected chi connectivity index (χ3v) is 4.54. The number of aliphatic carboxylic acids is 1. The quantitative estimate of drug-likeness (QED) is 0.904. The Kier molecular flexibility index (Phi) is 5.11. The van der Waals surface area contributed by atoms with Crippen LogP contribution in [0.15, 0.2) is 36.8 Å². The number of rotatable bonds is 5. The number of halogens is 1. The van der Waals surface area contributed by atoms with Gasteiger partial charge in [0.25, 0.3) is 5.91 Å². The van der Waals surface area contributed by atoms with Gasteiger partial charge >= 0.3 is 5.97 Å². The van der Waals surface area contributed by atoms with E-state index in [1.54, 1.807) is 21.6 Å². The Balaban J connectivity index is 1.74. The van der Waals surface area contributed by atoms with E-state index in [0.717, 1.165) is 12.8 Å². The number of imidazole rings is 1. The van der Waals surface area contributed by atoms with Crippen LogP contribution in [0.3, 0.4) is 0 Å². The molecule has 1 N–H and O–H groups in total. The number of hydrogen-bond donors (Lipinski definition) is 1. The molecule has 1 amide bonds. The lowest BCUT2D eigenvalue weighted by Gasteiger charge is -2.32. The number of carbonyl (C=O) groups is 2. The molecule has 7 heteroatoms. The van der Waals surface area contributed by atoms with Crippen molar-refractivity contribution in [1.82, 2.24) is 14.5 Å². The number of carboxylic acid groups (broad SMARTS) is 1. The average molecular weight is 345 g/mol. The summed E-state index contributed by atoms with van der Waals surface area (Å²) >= 11 is 0. The smallest absolute Gasteiger partial charge is 0.303 e. The molecule has 1 aliphatic rings. The van der Waals surface area contributed by atoms with Crippen LogP contribution in [0.5, 0.6) is 0 Å². The molecule has 0 saturated carbocycles.